The van der Waals surface area contributed by atoms with Gasteiger partial charge in [-0.25, -0.2) is 0 Å². The molecule has 21 heavy (non-hydrogen) atoms. The molecule has 0 atom stereocenters. The first-order valence-corrected chi connectivity index (χ1v) is 10.9. The molecule has 0 spiro atoms. The van der Waals surface area contributed by atoms with Crippen LogP contribution in [0.5, 0.6) is 0 Å². The van der Waals surface area contributed by atoms with Crippen LogP contribution >= 0.6 is 0 Å². The van der Waals surface area contributed by atoms with Crippen molar-refractivity contribution in [2.75, 3.05) is 0 Å². The molecule has 0 bridgehead atoms. The minimum atomic E-state index is -1.61. The van der Waals surface area contributed by atoms with E-state index in [4.69, 9.17) is 4.42 Å². The number of rotatable bonds is 7. The van der Waals surface area contributed by atoms with E-state index in [1.54, 1.807) is 6.26 Å². The summed E-state index contributed by atoms with van der Waals surface area (Å²) in [7, 11) is -1.61. The van der Waals surface area contributed by atoms with Crippen molar-refractivity contribution in [3.05, 3.63) is 18.1 Å². The van der Waals surface area contributed by atoms with E-state index in [1.807, 2.05) is 4.90 Å². The molecule has 0 aromatic carbocycles. The summed E-state index contributed by atoms with van der Waals surface area (Å²) >= 11 is 0. The summed E-state index contributed by atoms with van der Waals surface area (Å²) in [6, 6.07) is 5.87. The van der Waals surface area contributed by atoms with Gasteiger partial charge in [0.05, 0.1) is 14.3 Å². The molecule has 0 aliphatic heterocycles. The van der Waals surface area contributed by atoms with Crippen LogP contribution < -0.4 is 5.19 Å². The molecule has 3 nitrogen and oxygen atoms in total. The highest BCUT2D eigenvalue weighted by Crippen LogP contribution is 2.23. The van der Waals surface area contributed by atoms with Crippen LogP contribution in [-0.2, 0) is 0 Å². The highest BCUT2D eigenvalue weighted by Gasteiger charge is 2.37. The number of hydrogen-bond acceptors (Lipinski definition) is 2. The van der Waals surface area contributed by atoms with Crippen molar-refractivity contribution in [2.24, 2.45) is 0 Å². The Hall–Kier alpha value is -1.03. The van der Waals surface area contributed by atoms with Crippen LogP contribution in [0, 0.1) is 0 Å². The smallest absolute Gasteiger partial charge is 0.289 e. The van der Waals surface area contributed by atoms with Gasteiger partial charge in [0.1, 0.15) is 0 Å². The third-order valence-corrected chi connectivity index (χ3v) is 10.4. The molecular weight excluding hydrogens is 278 g/mol. The maximum Gasteiger partial charge on any atom is 0.289 e. The van der Waals surface area contributed by atoms with E-state index in [0.717, 1.165) is 18.1 Å². The van der Waals surface area contributed by atoms with Crippen LogP contribution in [0.3, 0.4) is 0 Å². The van der Waals surface area contributed by atoms with Gasteiger partial charge in [0.15, 0.2) is 5.76 Å². The quantitative estimate of drug-likeness (QED) is 0.705. The van der Waals surface area contributed by atoms with Gasteiger partial charge in [-0.15, -0.1) is 0 Å². The summed E-state index contributed by atoms with van der Waals surface area (Å²) in [5.74, 6) is 0.641. The Morgan fingerprint density at radius 3 is 1.95 bits per heavy atom. The molecule has 0 N–H and O–H groups in total. The molecular formula is C17H31NO2Si. The molecule has 1 rings (SSSR count). The van der Waals surface area contributed by atoms with E-state index in [2.05, 4.69) is 54.5 Å². The van der Waals surface area contributed by atoms with Gasteiger partial charge >= 0.3 is 0 Å². The molecule has 120 valence electrons. The topological polar surface area (TPSA) is 33.5 Å². The summed E-state index contributed by atoms with van der Waals surface area (Å²) in [5.41, 5.74) is 0. The van der Waals surface area contributed by atoms with Crippen molar-refractivity contribution in [2.45, 2.75) is 78.7 Å². The van der Waals surface area contributed by atoms with Crippen molar-refractivity contribution >= 4 is 19.2 Å². The predicted octanol–water partition coefficient (Wildman–Crippen LogP) is 4.25. The van der Waals surface area contributed by atoms with Gasteiger partial charge in [0.25, 0.3) is 5.91 Å². The second-order valence-corrected chi connectivity index (χ2v) is 11.6. The van der Waals surface area contributed by atoms with Gasteiger partial charge in [0, 0.05) is 12.1 Å². The highest BCUT2D eigenvalue weighted by atomic mass is 28.3. The molecule has 1 amide bonds. The second kappa shape index (κ2) is 7.30. The van der Waals surface area contributed by atoms with Crippen molar-refractivity contribution in [3.63, 3.8) is 0 Å². The first-order valence-electron chi connectivity index (χ1n) is 8.25. The van der Waals surface area contributed by atoms with E-state index < -0.39 is 8.07 Å². The molecule has 0 saturated carbocycles. The summed E-state index contributed by atoms with van der Waals surface area (Å²) < 4.78 is 5.66. The van der Waals surface area contributed by atoms with Crippen LogP contribution in [-0.4, -0.2) is 31.0 Å². The second-order valence-electron chi connectivity index (χ2n) is 6.40. The number of furan rings is 1. The van der Waals surface area contributed by atoms with E-state index in [9.17, 15) is 4.79 Å². The van der Waals surface area contributed by atoms with Crippen molar-refractivity contribution < 1.29 is 9.21 Å². The van der Waals surface area contributed by atoms with E-state index in [0.29, 0.717) is 5.76 Å². The fraction of sp³-hybridized carbons (Fsp3) is 0.706. The summed E-state index contributed by atoms with van der Waals surface area (Å²) in [5, 5.41) is 1.21. The molecule has 1 aromatic rings. The Morgan fingerprint density at radius 1 is 1.10 bits per heavy atom. The van der Waals surface area contributed by atoms with Crippen LogP contribution in [0.2, 0.25) is 18.1 Å². The van der Waals surface area contributed by atoms with Gasteiger partial charge in [-0.3, -0.25) is 4.79 Å². The largest absolute Gasteiger partial charge is 0.459 e. The minimum absolute atomic E-state index is 0.0484. The number of nitrogens with zero attached hydrogens (tertiary/aromatic N) is 1. The lowest BCUT2D eigenvalue weighted by Crippen LogP contribution is -2.50. The number of amides is 1. The van der Waals surface area contributed by atoms with Crippen LogP contribution in [0.4, 0.5) is 0 Å². The lowest BCUT2D eigenvalue weighted by atomic mass is 10.2. The average Bonchev–Trinajstić information content (AvgIpc) is 2.90. The van der Waals surface area contributed by atoms with Crippen LogP contribution in [0.1, 0.15) is 59.0 Å². The molecule has 0 unspecified atom stereocenters. The monoisotopic (exact) mass is 309 g/mol. The molecule has 4 heteroatoms. The normalized spacial score (nSPS) is 12.2. The van der Waals surface area contributed by atoms with Gasteiger partial charge < -0.3 is 9.32 Å². The zero-order valence-electron chi connectivity index (χ0n) is 14.7. The van der Waals surface area contributed by atoms with Gasteiger partial charge in [0.2, 0.25) is 0 Å². The number of hydrogen-bond donors (Lipinski definition) is 0. The first kappa shape index (κ1) is 18.0. The van der Waals surface area contributed by atoms with E-state index >= 15 is 0 Å². The van der Waals surface area contributed by atoms with Crippen molar-refractivity contribution in [3.8, 4) is 0 Å². The lowest BCUT2D eigenvalue weighted by molar-refractivity contribution is 0.0612. The van der Waals surface area contributed by atoms with E-state index in [1.165, 1.54) is 5.19 Å². The van der Waals surface area contributed by atoms with Crippen molar-refractivity contribution in [1.82, 2.24) is 4.90 Å². The van der Waals surface area contributed by atoms with E-state index in [-0.39, 0.29) is 18.0 Å². The zero-order valence-corrected chi connectivity index (χ0v) is 15.7. The maximum atomic E-state index is 13.0. The molecule has 1 aromatic heterocycles. The summed E-state index contributed by atoms with van der Waals surface area (Å²) in [6.45, 7) is 15.0. The third-order valence-electron chi connectivity index (χ3n) is 4.81. The van der Waals surface area contributed by atoms with Crippen molar-refractivity contribution in [1.29, 1.82) is 0 Å². The fourth-order valence-corrected chi connectivity index (χ4v) is 7.11. The summed E-state index contributed by atoms with van der Waals surface area (Å²) in [6.07, 6.45) is 1.70. The predicted molar refractivity (Wildman–Crippen MR) is 92.0 cm³/mol. The number of carbonyl (C=O) groups excluding carboxylic acids is 1. The Bertz CT molecular complexity index is 445. The third kappa shape index (κ3) is 3.42. The van der Waals surface area contributed by atoms with Crippen LogP contribution in [0.25, 0.3) is 0 Å². The Labute approximate surface area is 130 Å². The fourth-order valence-electron chi connectivity index (χ4n) is 3.40. The molecule has 0 fully saturated rings. The number of carbonyl (C=O) groups is 1. The Balaban J connectivity index is 3.28. The molecule has 0 saturated heterocycles. The first-order chi connectivity index (χ1) is 9.84. The van der Waals surface area contributed by atoms with Gasteiger partial charge in [-0.1, -0.05) is 38.9 Å². The van der Waals surface area contributed by atoms with Crippen LogP contribution in [0.15, 0.2) is 16.7 Å². The van der Waals surface area contributed by atoms with Gasteiger partial charge in [-0.2, -0.15) is 0 Å². The summed E-state index contributed by atoms with van der Waals surface area (Å²) in [4.78, 5) is 14.9. The molecule has 1 heterocycles. The zero-order chi connectivity index (χ0) is 16.2. The average molecular weight is 310 g/mol. The SMILES string of the molecule is CC[Si](CC)(CC)c1ccoc1C(=O)N(C(C)C)C(C)C. The standard InChI is InChI=1S/C17H31NO2Si/c1-8-21(9-2,10-3)15-11-12-20-16(15)17(19)18(13(4)5)14(6)7/h11-14H,8-10H2,1-7H3. The van der Waals surface area contributed by atoms with Gasteiger partial charge in [-0.05, 0) is 38.9 Å². The Kier molecular flexibility index (Phi) is 6.26. The lowest BCUT2D eigenvalue weighted by Gasteiger charge is -2.32. The minimum Gasteiger partial charge on any atom is -0.459 e. The molecule has 0 radical (unpaired) electrons. The molecule has 0 aliphatic rings. The highest BCUT2D eigenvalue weighted by molar-refractivity contribution is 6.92. The molecule has 0 aliphatic carbocycles. The maximum absolute atomic E-state index is 13.0. The Morgan fingerprint density at radius 2 is 1.57 bits per heavy atom.